The van der Waals surface area contributed by atoms with Crippen LogP contribution in [0.5, 0.6) is 5.75 Å². The SMILES string of the molecule is Cc1cc(C)c2c(c1)C=C(C(=O)OCOC(=O)CO[N+](=O)[O-])C(C(F)(F)F)O2. The van der Waals surface area contributed by atoms with E-state index in [1.807, 2.05) is 0 Å². The molecule has 0 N–H and O–H groups in total. The molecule has 152 valence electrons. The van der Waals surface area contributed by atoms with E-state index >= 15 is 0 Å². The van der Waals surface area contributed by atoms with E-state index in [9.17, 15) is 32.9 Å². The maximum atomic E-state index is 13.3. The molecule has 1 unspecified atom stereocenters. The second kappa shape index (κ2) is 8.15. The summed E-state index contributed by atoms with van der Waals surface area (Å²) < 4.78 is 53.9. The molecule has 1 aromatic rings. The van der Waals surface area contributed by atoms with Crippen molar-refractivity contribution in [1.82, 2.24) is 0 Å². The zero-order valence-electron chi connectivity index (χ0n) is 14.6. The first-order valence-electron chi connectivity index (χ1n) is 7.65. The number of halogens is 3. The Morgan fingerprint density at radius 3 is 2.54 bits per heavy atom. The lowest BCUT2D eigenvalue weighted by atomic mass is 9.97. The molecule has 0 saturated carbocycles. The molecule has 2 rings (SSSR count). The van der Waals surface area contributed by atoms with E-state index in [4.69, 9.17) is 4.74 Å². The third kappa shape index (κ3) is 5.11. The number of nitrogens with zero attached hydrogens (tertiary/aromatic N) is 1. The van der Waals surface area contributed by atoms with Gasteiger partial charge < -0.3 is 19.0 Å². The van der Waals surface area contributed by atoms with Gasteiger partial charge in [0.05, 0.1) is 5.57 Å². The van der Waals surface area contributed by atoms with Gasteiger partial charge in [0.25, 0.3) is 5.09 Å². The van der Waals surface area contributed by atoms with Gasteiger partial charge in [-0.05, 0) is 31.6 Å². The normalized spacial score (nSPS) is 15.6. The molecule has 0 amide bonds. The Balaban J connectivity index is 2.15. The molecule has 1 aliphatic heterocycles. The van der Waals surface area contributed by atoms with Crippen molar-refractivity contribution in [3.05, 3.63) is 44.5 Å². The van der Waals surface area contributed by atoms with Crippen LogP contribution in [0, 0.1) is 24.0 Å². The molecule has 0 spiro atoms. The Morgan fingerprint density at radius 2 is 1.93 bits per heavy atom. The molecule has 9 nitrogen and oxygen atoms in total. The first-order valence-corrected chi connectivity index (χ1v) is 7.65. The predicted molar refractivity (Wildman–Crippen MR) is 84.4 cm³/mol. The fourth-order valence-electron chi connectivity index (χ4n) is 2.47. The third-order valence-corrected chi connectivity index (χ3v) is 3.51. The van der Waals surface area contributed by atoms with E-state index in [-0.39, 0.29) is 11.3 Å². The summed E-state index contributed by atoms with van der Waals surface area (Å²) in [5.41, 5.74) is 0.644. The van der Waals surface area contributed by atoms with Gasteiger partial charge in [-0.1, -0.05) is 11.6 Å². The second-order valence-electron chi connectivity index (χ2n) is 5.70. The second-order valence-corrected chi connectivity index (χ2v) is 5.70. The van der Waals surface area contributed by atoms with Gasteiger partial charge in [-0.2, -0.15) is 13.2 Å². The fourth-order valence-corrected chi connectivity index (χ4v) is 2.47. The molecule has 0 aliphatic carbocycles. The third-order valence-electron chi connectivity index (χ3n) is 3.51. The summed E-state index contributed by atoms with van der Waals surface area (Å²) in [4.78, 5) is 36.8. The number of alkyl halides is 3. The molecule has 0 aromatic heterocycles. The minimum Gasteiger partial charge on any atom is -0.475 e. The Labute approximate surface area is 155 Å². The van der Waals surface area contributed by atoms with Gasteiger partial charge in [-0.3, -0.25) is 0 Å². The van der Waals surface area contributed by atoms with Gasteiger partial charge in [0, 0.05) is 5.56 Å². The summed E-state index contributed by atoms with van der Waals surface area (Å²) in [6, 6.07) is 3.17. The van der Waals surface area contributed by atoms with Crippen LogP contribution in [0.2, 0.25) is 0 Å². The van der Waals surface area contributed by atoms with Crippen LogP contribution < -0.4 is 4.74 Å². The predicted octanol–water partition coefficient (Wildman–Crippen LogP) is 2.26. The van der Waals surface area contributed by atoms with Crippen molar-refractivity contribution in [2.24, 2.45) is 0 Å². The van der Waals surface area contributed by atoms with E-state index in [1.165, 1.54) is 6.07 Å². The monoisotopic (exact) mass is 405 g/mol. The molecule has 12 heteroatoms. The van der Waals surface area contributed by atoms with Crippen molar-refractivity contribution in [2.45, 2.75) is 26.1 Å². The van der Waals surface area contributed by atoms with Gasteiger partial charge in [0.2, 0.25) is 12.9 Å². The minimum atomic E-state index is -4.91. The Morgan fingerprint density at radius 1 is 1.25 bits per heavy atom. The van der Waals surface area contributed by atoms with Crippen LogP contribution in [-0.2, 0) is 23.9 Å². The van der Waals surface area contributed by atoms with Crippen molar-refractivity contribution in [2.75, 3.05) is 13.4 Å². The molecular formula is C16H14F3NO8. The highest BCUT2D eigenvalue weighted by Gasteiger charge is 2.49. The van der Waals surface area contributed by atoms with Gasteiger partial charge in [-0.25, -0.2) is 9.59 Å². The molecule has 0 saturated heterocycles. The highest BCUT2D eigenvalue weighted by molar-refractivity contribution is 5.96. The number of fused-ring (bicyclic) bond motifs is 1. The Kier molecular flexibility index (Phi) is 6.11. The summed E-state index contributed by atoms with van der Waals surface area (Å²) in [6.45, 7) is 1.18. The van der Waals surface area contributed by atoms with Gasteiger partial charge in [-0.15, -0.1) is 10.1 Å². The number of ether oxygens (including phenoxy) is 3. The Bertz CT molecular complexity index is 834. The quantitative estimate of drug-likeness (QED) is 0.306. The molecule has 1 aromatic carbocycles. The summed E-state index contributed by atoms with van der Waals surface area (Å²) >= 11 is 0. The molecule has 28 heavy (non-hydrogen) atoms. The number of carbonyl (C=O) groups is 2. The van der Waals surface area contributed by atoms with Crippen molar-refractivity contribution in [3.8, 4) is 5.75 Å². The van der Waals surface area contributed by atoms with E-state index in [0.29, 0.717) is 5.56 Å². The molecule has 0 fully saturated rings. The van der Waals surface area contributed by atoms with Crippen LogP contribution in [0.3, 0.4) is 0 Å². The van der Waals surface area contributed by atoms with Gasteiger partial charge in [0.1, 0.15) is 5.75 Å². The van der Waals surface area contributed by atoms with Crippen LogP contribution in [0.25, 0.3) is 6.08 Å². The fraction of sp³-hybridized carbons (Fsp3) is 0.375. The number of hydrogen-bond donors (Lipinski definition) is 0. The molecule has 0 bridgehead atoms. The largest absolute Gasteiger partial charge is 0.475 e. The number of benzene rings is 1. The molecule has 1 aliphatic rings. The average molecular weight is 405 g/mol. The summed E-state index contributed by atoms with van der Waals surface area (Å²) in [5.74, 6) is -2.68. The van der Waals surface area contributed by atoms with E-state index < -0.39 is 48.3 Å². The van der Waals surface area contributed by atoms with Crippen LogP contribution in [0.1, 0.15) is 16.7 Å². The molecule has 1 atom stereocenters. The maximum absolute atomic E-state index is 13.3. The van der Waals surface area contributed by atoms with Crippen LogP contribution in [0.4, 0.5) is 13.2 Å². The summed E-state index contributed by atoms with van der Waals surface area (Å²) in [7, 11) is 0. The number of esters is 2. The number of aryl methyl sites for hydroxylation is 2. The Hall–Kier alpha value is -3.31. The maximum Gasteiger partial charge on any atom is 0.430 e. The van der Waals surface area contributed by atoms with Crippen molar-refractivity contribution >= 4 is 18.0 Å². The standard InChI is InChI=1S/C16H14F3NO8/c1-8-3-9(2)13-10(4-8)5-11(14(28-13)16(17,18)19)15(22)26-7-25-12(21)6-27-20(23)24/h3-5,14H,6-7H2,1-2H3. The van der Waals surface area contributed by atoms with Crippen molar-refractivity contribution < 1.29 is 46.9 Å². The lowest BCUT2D eigenvalue weighted by molar-refractivity contribution is -0.754. The molecule has 1 heterocycles. The number of carbonyl (C=O) groups excluding carboxylic acids is 2. The first kappa shape index (κ1) is 21.0. The van der Waals surface area contributed by atoms with Crippen LogP contribution in [-0.4, -0.2) is 42.7 Å². The summed E-state index contributed by atoms with van der Waals surface area (Å²) in [6.07, 6.45) is -6.48. The zero-order valence-corrected chi connectivity index (χ0v) is 14.6. The van der Waals surface area contributed by atoms with Crippen molar-refractivity contribution in [1.29, 1.82) is 0 Å². The van der Waals surface area contributed by atoms with Gasteiger partial charge in [0.15, 0.2) is 6.61 Å². The van der Waals surface area contributed by atoms with E-state index in [1.54, 1.807) is 19.9 Å². The van der Waals surface area contributed by atoms with Crippen LogP contribution in [0.15, 0.2) is 17.7 Å². The lowest BCUT2D eigenvalue weighted by Gasteiger charge is -2.29. The highest BCUT2D eigenvalue weighted by Crippen LogP contribution is 2.39. The molecule has 0 radical (unpaired) electrons. The van der Waals surface area contributed by atoms with Gasteiger partial charge >= 0.3 is 18.1 Å². The summed E-state index contributed by atoms with van der Waals surface area (Å²) in [5, 5.41) is 8.69. The number of rotatable bonds is 6. The zero-order chi connectivity index (χ0) is 21.1. The van der Waals surface area contributed by atoms with Crippen molar-refractivity contribution in [3.63, 3.8) is 0 Å². The lowest BCUT2D eigenvalue weighted by Crippen LogP contribution is -2.41. The molecular weight excluding hydrogens is 391 g/mol. The minimum absolute atomic E-state index is 0.00664. The van der Waals surface area contributed by atoms with E-state index in [0.717, 1.165) is 11.6 Å². The smallest absolute Gasteiger partial charge is 0.430 e. The average Bonchev–Trinajstić information content (AvgIpc) is 2.57. The van der Waals surface area contributed by atoms with Crippen LogP contribution >= 0.6 is 0 Å². The topological polar surface area (TPSA) is 114 Å². The van der Waals surface area contributed by atoms with E-state index in [2.05, 4.69) is 14.3 Å². The first-order chi connectivity index (χ1) is 13.0. The number of hydrogen-bond acceptors (Lipinski definition) is 8. The highest BCUT2D eigenvalue weighted by atomic mass is 19.4.